The standard InChI is InChI=1S/C11H16ClN3O2S2/c1-19(16,17)11-7-18-3-2-15(11)10-4-8(5-13)9(12)6-14-10/h4,6,11H,2-3,5,7,13H2,1H3. The van der Waals surface area contributed by atoms with Crippen molar-refractivity contribution in [2.75, 3.05) is 29.2 Å². The molecule has 1 fully saturated rings. The van der Waals surface area contributed by atoms with Crippen LogP contribution in [0.2, 0.25) is 5.02 Å². The van der Waals surface area contributed by atoms with Crippen LogP contribution in [0.1, 0.15) is 5.56 Å². The number of aromatic nitrogens is 1. The van der Waals surface area contributed by atoms with Crippen molar-refractivity contribution in [1.29, 1.82) is 0 Å². The maximum Gasteiger partial charge on any atom is 0.169 e. The van der Waals surface area contributed by atoms with Gasteiger partial charge in [-0.05, 0) is 11.6 Å². The second kappa shape index (κ2) is 5.87. The van der Waals surface area contributed by atoms with Crippen LogP contribution in [0, 0.1) is 0 Å². The summed E-state index contributed by atoms with van der Waals surface area (Å²) < 4.78 is 23.7. The van der Waals surface area contributed by atoms with Crippen LogP contribution >= 0.6 is 23.4 Å². The van der Waals surface area contributed by atoms with Crippen LogP contribution in [0.15, 0.2) is 12.3 Å². The molecule has 1 saturated heterocycles. The van der Waals surface area contributed by atoms with E-state index in [-0.39, 0.29) is 0 Å². The number of hydrogen-bond donors (Lipinski definition) is 1. The molecule has 0 amide bonds. The Bertz CT molecular complexity index is 565. The number of hydrogen-bond acceptors (Lipinski definition) is 6. The molecular weight excluding hydrogens is 306 g/mol. The summed E-state index contributed by atoms with van der Waals surface area (Å²) in [4.78, 5) is 6.06. The number of halogens is 1. The van der Waals surface area contributed by atoms with Gasteiger partial charge in [-0.25, -0.2) is 13.4 Å². The molecule has 0 bridgehead atoms. The smallest absolute Gasteiger partial charge is 0.169 e. The van der Waals surface area contributed by atoms with Crippen LogP contribution in [-0.4, -0.2) is 43.1 Å². The highest BCUT2D eigenvalue weighted by atomic mass is 35.5. The van der Waals surface area contributed by atoms with Gasteiger partial charge in [0.2, 0.25) is 0 Å². The van der Waals surface area contributed by atoms with Crippen LogP contribution in [-0.2, 0) is 16.4 Å². The number of pyridine rings is 1. The van der Waals surface area contributed by atoms with Crippen molar-refractivity contribution in [3.63, 3.8) is 0 Å². The SMILES string of the molecule is CS(=O)(=O)C1CSCCN1c1cc(CN)c(Cl)cn1. The monoisotopic (exact) mass is 321 g/mol. The Morgan fingerprint density at radius 2 is 2.37 bits per heavy atom. The Balaban J connectivity index is 2.38. The number of sulfone groups is 1. The number of anilines is 1. The molecule has 0 radical (unpaired) electrons. The predicted octanol–water partition coefficient (Wildman–Crippen LogP) is 1.12. The zero-order valence-electron chi connectivity index (χ0n) is 10.5. The summed E-state index contributed by atoms with van der Waals surface area (Å²) in [6.07, 6.45) is 2.79. The van der Waals surface area contributed by atoms with Gasteiger partial charge >= 0.3 is 0 Å². The molecule has 0 spiro atoms. The van der Waals surface area contributed by atoms with Gasteiger partial charge in [-0.2, -0.15) is 11.8 Å². The Labute approximate surface area is 122 Å². The third-order valence-electron chi connectivity index (χ3n) is 3.01. The van der Waals surface area contributed by atoms with Crippen LogP contribution < -0.4 is 10.6 Å². The Morgan fingerprint density at radius 3 is 3.00 bits per heavy atom. The van der Waals surface area contributed by atoms with Gasteiger partial charge in [0.15, 0.2) is 9.84 Å². The molecule has 0 aromatic carbocycles. The Kier molecular flexibility index (Phi) is 4.60. The summed E-state index contributed by atoms with van der Waals surface area (Å²) in [7, 11) is -3.15. The molecule has 5 nitrogen and oxygen atoms in total. The summed E-state index contributed by atoms with van der Waals surface area (Å²) >= 11 is 7.62. The van der Waals surface area contributed by atoms with E-state index in [9.17, 15) is 8.42 Å². The molecule has 2 rings (SSSR count). The van der Waals surface area contributed by atoms with E-state index in [2.05, 4.69) is 4.98 Å². The lowest BCUT2D eigenvalue weighted by molar-refractivity contribution is 0.583. The zero-order valence-corrected chi connectivity index (χ0v) is 12.9. The third-order valence-corrected chi connectivity index (χ3v) is 6.00. The van der Waals surface area contributed by atoms with Crippen molar-refractivity contribution < 1.29 is 8.42 Å². The van der Waals surface area contributed by atoms with E-state index in [1.54, 1.807) is 17.8 Å². The lowest BCUT2D eigenvalue weighted by Crippen LogP contribution is -2.47. The van der Waals surface area contributed by atoms with Gasteiger partial charge in [0.25, 0.3) is 0 Å². The van der Waals surface area contributed by atoms with Crippen molar-refractivity contribution in [3.05, 3.63) is 22.8 Å². The van der Waals surface area contributed by atoms with Gasteiger partial charge in [-0.15, -0.1) is 0 Å². The molecule has 1 aliphatic rings. The number of nitrogens with zero attached hydrogens (tertiary/aromatic N) is 2. The molecule has 0 saturated carbocycles. The largest absolute Gasteiger partial charge is 0.338 e. The van der Waals surface area contributed by atoms with Crippen molar-refractivity contribution in [2.45, 2.75) is 11.9 Å². The summed E-state index contributed by atoms with van der Waals surface area (Å²) in [5.74, 6) is 2.07. The van der Waals surface area contributed by atoms with Gasteiger partial charge in [0.05, 0.1) is 5.02 Å². The van der Waals surface area contributed by atoms with Crippen molar-refractivity contribution >= 4 is 39.0 Å². The molecule has 1 atom stereocenters. The van der Waals surface area contributed by atoms with E-state index in [1.807, 2.05) is 4.90 Å². The molecule has 8 heteroatoms. The average Bonchev–Trinajstić information content (AvgIpc) is 2.38. The fourth-order valence-corrected chi connectivity index (χ4v) is 4.99. The third kappa shape index (κ3) is 3.34. The molecule has 106 valence electrons. The molecule has 1 aliphatic heterocycles. The zero-order chi connectivity index (χ0) is 14.0. The summed E-state index contributed by atoms with van der Waals surface area (Å²) in [6.45, 7) is 0.960. The predicted molar refractivity (Wildman–Crippen MR) is 80.4 cm³/mol. The van der Waals surface area contributed by atoms with E-state index in [0.717, 1.165) is 11.3 Å². The number of thioether (sulfide) groups is 1. The highest BCUT2D eigenvalue weighted by Crippen LogP contribution is 2.27. The first kappa shape index (κ1) is 14.9. The maximum atomic E-state index is 11.9. The molecule has 2 heterocycles. The van der Waals surface area contributed by atoms with E-state index in [1.165, 1.54) is 12.5 Å². The van der Waals surface area contributed by atoms with Crippen LogP contribution in [0.5, 0.6) is 0 Å². The fourth-order valence-electron chi connectivity index (χ4n) is 1.98. The second-order valence-corrected chi connectivity index (χ2v) is 8.15. The minimum Gasteiger partial charge on any atom is -0.338 e. The first-order chi connectivity index (χ1) is 8.93. The fraction of sp³-hybridized carbons (Fsp3) is 0.545. The number of rotatable bonds is 3. The van der Waals surface area contributed by atoms with Crippen molar-refractivity contribution in [2.24, 2.45) is 5.73 Å². The highest BCUT2D eigenvalue weighted by Gasteiger charge is 2.32. The maximum absolute atomic E-state index is 11.9. The molecular formula is C11H16ClN3O2S2. The van der Waals surface area contributed by atoms with Crippen LogP contribution in [0.3, 0.4) is 0 Å². The quantitative estimate of drug-likeness (QED) is 0.899. The van der Waals surface area contributed by atoms with Gasteiger partial charge in [-0.3, -0.25) is 0 Å². The van der Waals surface area contributed by atoms with Gasteiger partial charge < -0.3 is 10.6 Å². The molecule has 2 N–H and O–H groups in total. The van der Waals surface area contributed by atoms with Crippen molar-refractivity contribution in [1.82, 2.24) is 4.98 Å². The first-order valence-electron chi connectivity index (χ1n) is 5.81. The molecule has 1 unspecified atom stereocenters. The average molecular weight is 322 g/mol. The van der Waals surface area contributed by atoms with Gasteiger partial charge in [-0.1, -0.05) is 11.6 Å². The van der Waals surface area contributed by atoms with Crippen molar-refractivity contribution in [3.8, 4) is 0 Å². The lowest BCUT2D eigenvalue weighted by atomic mass is 10.2. The van der Waals surface area contributed by atoms with E-state index in [4.69, 9.17) is 17.3 Å². The molecule has 0 aliphatic carbocycles. The lowest BCUT2D eigenvalue weighted by Gasteiger charge is -2.35. The minimum atomic E-state index is -3.15. The molecule has 1 aromatic heterocycles. The van der Waals surface area contributed by atoms with E-state index < -0.39 is 15.2 Å². The Morgan fingerprint density at radius 1 is 1.63 bits per heavy atom. The minimum absolute atomic E-state index is 0.306. The molecule has 1 aromatic rings. The number of nitrogens with two attached hydrogens (primary N) is 1. The molecule has 19 heavy (non-hydrogen) atoms. The normalized spacial score (nSPS) is 20.6. The highest BCUT2D eigenvalue weighted by molar-refractivity contribution is 8.01. The van der Waals surface area contributed by atoms with Crippen LogP contribution in [0.25, 0.3) is 0 Å². The van der Waals surface area contributed by atoms with Crippen LogP contribution in [0.4, 0.5) is 5.82 Å². The first-order valence-corrected chi connectivity index (χ1v) is 9.30. The van der Waals surface area contributed by atoms with E-state index in [0.29, 0.717) is 29.7 Å². The summed E-state index contributed by atoms with van der Waals surface area (Å²) in [5.41, 5.74) is 6.39. The van der Waals surface area contributed by atoms with Gasteiger partial charge in [0.1, 0.15) is 11.2 Å². The van der Waals surface area contributed by atoms with E-state index >= 15 is 0 Å². The summed E-state index contributed by atoms with van der Waals surface area (Å²) in [6, 6.07) is 1.77. The Hall–Kier alpha value is -0.500. The topological polar surface area (TPSA) is 76.3 Å². The summed E-state index contributed by atoms with van der Waals surface area (Å²) in [5, 5.41) is -0.0286. The second-order valence-electron chi connectivity index (χ2n) is 4.39. The van der Waals surface area contributed by atoms with Gasteiger partial charge in [0, 0.05) is 37.0 Å².